The fourth-order valence-electron chi connectivity index (χ4n) is 3.17. The van der Waals surface area contributed by atoms with Crippen LogP contribution in [0.15, 0.2) is 47.5 Å². The molecule has 0 aliphatic heterocycles. The summed E-state index contributed by atoms with van der Waals surface area (Å²) in [5.74, 6) is -0.129. The summed E-state index contributed by atoms with van der Waals surface area (Å²) < 4.78 is 14.1. The highest BCUT2D eigenvalue weighted by molar-refractivity contribution is 7.21. The number of fused-ring (bicyclic) bond motifs is 2. The minimum Gasteiger partial charge on any atom is -0.494 e. The second kappa shape index (κ2) is 9.21. The molecule has 0 atom stereocenters. The summed E-state index contributed by atoms with van der Waals surface area (Å²) in [5.41, 5.74) is 0.774. The lowest BCUT2D eigenvalue weighted by Gasteiger charge is -2.06. The van der Waals surface area contributed by atoms with Gasteiger partial charge < -0.3 is 14.0 Å². The van der Waals surface area contributed by atoms with E-state index in [9.17, 15) is 9.59 Å². The van der Waals surface area contributed by atoms with Crippen LogP contribution in [-0.4, -0.2) is 29.7 Å². The van der Waals surface area contributed by atoms with Crippen LogP contribution in [0.2, 0.25) is 5.02 Å². The van der Waals surface area contributed by atoms with Crippen molar-refractivity contribution in [3.05, 3.63) is 57.2 Å². The Hall–Kier alpha value is -2.68. The topological polar surface area (TPSA) is 69.9 Å². The zero-order valence-corrected chi connectivity index (χ0v) is 19.3. The number of aromatic nitrogens is 1. The summed E-state index contributed by atoms with van der Waals surface area (Å²) in [6.07, 6.45) is 0. The molecule has 0 saturated carbocycles. The standard InChI is InChI=1S/C22H19ClN2O4S2/c1-3-28-13-9-10-15-17(11-13)31-22(25(15)12-18(26)29-4-2)24-21(27)20-19(23)14-7-5-6-8-16(14)30-20/h5-11H,3-4,12H2,1-2H3. The molecule has 1 amide bonds. The molecular formula is C22H19ClN2O4S2. The molecule has 2 aromatic heterocycles. The third-order valence-electron chi connectivity index (χ3n) is 4.48. The fourth-order valence-corrected chi connectivity index (χ4v) is 5.63. The van der Waals surface area contributed by atoms with Crippen LogP contribution in [0.25, 0.3) is 20.3 Å². The van der Waals surface area contributed by atoms with Crippen LogP contribution in [0.4, 0.5) is 0 Å². The Balaban J connectivity index is 1.83. The lowest BCUT2D eigenvalue weighted by Crippen LogP contribution is -2.23. The summed E-state index contributed by atoms with van der Waals surface area (Å²) in [7, 11) is 0. The normalized spacial score (nSPS) is 11.9. The van der Waals surface area contributed by atoms with Crippen molar-refractivity contribution < 1.29 is 19.1 Å². The van der Waals surface area contributed by atoms with E-state index in [1.807, 2.05) is 49.4 Å². The molecule has 4 aromatic rings. The number of thiazole rings is 1. The maximum Gasteiger partial charge on any atom is 0.326 e. The zero-order valence-electron chi connectivity index (χ0n) is 16.9. The Morgan fingerprint density at radius 3 is 2.61 bits per heavy atom. The highest BCUT2D eigenvalue weighted by Crippen LogP contribution is 2.35. The maximum absolute atomic E-state index is 13.0. The average Bonchev–Trinajstić information content (AvgIpc) is 3.26. The Bertz CT molecular complexity index is 1350. The van der Waals surface area contributed by atoms with Crippen molar-refractivity contribution in [3.63, 3.8) is 0 Å². The highest BCUT2D eigenvalue weighted by atomic mass is 35.5. The Kier molecular flexibility index (Phi) is 6.41. The van der Waals surface area contributed by atoms with E-state index in [1.165, 1.54) is 22.7 Å². The lowest BCUT2D eigenvalue weighted by molar-refractivity contribution is -0.143. The van der Waals surface area contributed by atoms with E-state index in [0.717, 1.165) is 20.3 Å². The van der Waals surface area contributed by atoms with Crippen LogP contribution in [0, 0.1) is 0 Å². The largest absolute Gasteiger partial charge is 0.494 e. The molecule has 31 heavy (non-hydrogen) atoms. The molecule has 0 aliphatic carbocycles. The van der Waals surface area contributed by atoms with E-state index in [4.69, 9.17) is 21.1 Å². The van der Waals surface area contributed by atoms with Crippen molar-refractivity contribution in [3.8, 4) is 5.75 Å². The summed E-state index contributed by atoms with van der Waals surface area (Å²) in [5, 5.41) is 1.22. The van der Waals surface area contributed by atoms with E-state index >= 15 is 0 Å². The van der Waals surface area contributed by atoms with E-state index in [-0.39, 0.29) is 13.2 Å². The molecule has 4 rings (SSSR count). The molecule has 0 bridgehead atoms. The number of rotatable bonds is 6. The Morgan fingerprint density at radius 2 is 1.87 bits per heavy atom. The van der Waals surface area contributed by atoms with Gasteiger partial charge in [0.1, 0.15) is 17.2 Å². The van der Waals surface area contributed by atoms with Gasteiger partial charge in [-0.1, -0.05) is 41.1 Å². The number of carbonyl (C=O) groups excluding carboxylic acids is 2. The number of carbonyl (C=O) groups is 2. The first-order chi connectivity index (χ1) is 15.0. The van der Waals surface area contributed by atoms with E-state index in [0.29, 0.717) is 27.1 Å². The zero-order chi connectivity index (χ0) is 22.0. The third-order valence-corrected chi connectivity index (χ3v) is 7.19. The number of amides is 1. The van der Waals surface area contributed by atoms with E-state index in [1.54, 1.807) is 11.5 Å². The van der Waals surface area contributed by atoms with Crippen molar-refractivity contribution in [2.45, 2.75) is 20.4 Å². The van der Waals surface area contributed by atoms with Crippen LogP contribution < -0.4 is 9.54 Å². The summed E-state index contributed by atoms with van der Waals surface area (Å²) in [4.78, 5) is 30.3. The van der Waals surface area contributed by atoms with Gasteiger partial charge in [0, 0.05) is 10.1 Å². The molecule has 0 radical (unpaired) electrons. The van der Waals surface area contributed by atoms with E-state index in [2.05, 4.69) is 4.99 Å². The first-order valence-corrected chi connectivity index (χ1v) is 11.7. The van der Waals surface area contributed by atoms with Gasteiger partial charge in [-0.2, -0.15) is 4.99 Å². The number of halogens is 1. The van der Waals surface area contributed by atoms with Gasteiger partial charge in [-0.15, -0.1) is 11.3 Å². The predicted molar refractivity (Wildman–Crippen MR) is 124 cm³/mol. The fraction of sp³-hybridized carbons (Fsp3) is 0.227. The smallest absolute Gasteiger partial charge is 0.326 e. The molecular weight excluding hydrogens is 456 g/mol. The summed E-state index contributed by atoms with van der Waals surface area (Å²) >= 11 is 9.07. The number of hydrogen-bond donors (Lipinski definition) is 0. The van der Waals surface area contributed by atoms with Crippen LogP contribution in [0.1, 0.15) is 23.5 Å². The number of nitrogens with zero attached hydrogens (tertiary/aromatic N) is 2. The second-order valence-corrected chi connectivity index (χ2v) is 8.94. The molecule has 0 aliphatic rings. The number of ether oxygens (including phenoxy) is 2. The third kappa shape index (κ3) is 4.37. The monoisotopic (exact) mass is 474 g/mol. The first kappa shape index (κ1) is 21.5. The SMILES string of the molecule is CCOC(=O)Cn1c(=NC(=O)c2sc3ccccc3c2Cl)sc2cc(OCC)ccc21. The van der Waals surface area contributed by atoms with Crippen LogP contribution in [0.5, 0.6) is 5.75 Å². The number of thiophene rings is 1. The lowest BCUT2D eigenvalue weighted by atomic mass is 10.2. The molecule has 2 aromatic carbocycles. The molecule has 0 spiro atoms. The Morgan fingerprint density at radius 1 is 1.06 bits per heavy atom. The van der Waals surface area contributed by atoms with Crippen molar-refractivity contribution in [1.82, 2.24) is 4.57 Å². The van der Waals surface area contributed by atoms with Gasteiger partial charge in [0.2, 0.25) is 0 Å². The quantitative estimate of drug-likeness (QED) is 0.357. The summed E-state index contributed by atoms with van der Waals surface area (Å²) in [6.45, 7) is 4.43. The van der Waals surface area contributed by atoms with Gasteiger partial charge in [0.05, 0.1) is 28.5 Å². The minimum atomic E-state index is -0.444. The molecule has 6 nitrogen and oxygen atoms in total. The van der Waals surface area contributed by atoms with Gasteiger partial charge in [-0.3, -0.25) is 9.59 Å². The van der Waals surface area contributed by atoms with Gasteiger partial charge >= 0.3 is 5.97 Å². The number of benzene rings is 2. The molecule has 0 saturated heterocycles. The molecule has 160 valence electrons. The van der Waals surface area contributed by atoms with Crippen molar-refractivity contribution in [2.75, 3.05) is 13.2 Å². The second-order valence-electron chi connectivity index (χ2n) is 6.50. The van der Waals surface area contributed by atoms with Gasteiger partial charge in [-0.05, 0) is 38.1 Å². The highest BCUT2D eigenvalue weighted by Gasteiger charge is 2.18. The van der Waals surface area contributed by atoms with E-state index < -0.39 is 11.9 Å². The van der Waals surface area contributed by atoms with Crippen LogP contribution in [0.3, 0.4) is 0 Å². The predicted octanol–water partition coefficient (Wildman–Crippen LogP) is 5.27. The molecule has 0 fully saturated rings. The molecule has 0 N–H and O–H groups in total. The molecule has 0 unspecified atom stereocenters. The minimum absolute atomic E-state index is 0.0475. The first-order valence-electron chi connectivity index (χ1n) is 9.69. The Labute approximate surface area is 191 Å². The van der Waals surface area contributed by atoms with Gasteiger partial charge in [0.25, 0.3) is 5.91 Å². The van der Waals surface area contributed by atoms with Crippen molar-refractivity contribution in [2.24, 2.45) is 4.99 Å². The maximum atomic E-state index is 13.0. The average molecular weight is 475 g/mol. The van der Waals surface area contributed by atoms with Gasteiger partial charge in [-0.25, -0.2) is 0 Å². The number of hydrogen-bond acceptors (Lipinski definition) is 6. The van der Waals surface area contributed by atoms with Crippen molar-refractivity contribution in [1.29, 1.82) is 0 Å². The van der Waals surface area contributed by atoms with Crippen LogP contribution in [-0.2, 0) is 16.1 Å². The van der Waals surface area contributed by atoms with Crippen LogP contribution >= 0.6 is 34.3 Å². The molecule has 2 heterocycles. The van der Waals surface area contributed by atoms with Gasteiger partial charge in [0.15, 0.2) is 4.80 Å². The summed E-state index contributed by atoms with van der Waals surface area (Å²) in [6, 6.07) is 13.1. The van der Waals surface area contributed by atoms with Crippen molar-refractivity contribution >= 4 is 66.5 Å². The number of esters is 1. The molecule has 9 heteroatoms.